The van der Waals surface area contributed by atoms with E-state index in [-0.39, 0.29) is 19.3 Å². The van der Waals surface area contributed by atoms with Gasteiger partial charge in [0.1, 0.15) is 12.1 Å². The molecule has 0 bridgehead atoms. The molecule has 0 radical (unpaired) electrons. The van der Waals surface area contributed by atoms with Crippen LogP contribution in [0.1, 0.15) is 32.6 Å². The molecular formula is C15H25N5O8. The molecule has 0 aliphatic heterocycles. The Morgan fingerprint density at radius 2 is 1.46 bits per heavy atom. The van der Waals surface area contributed by atoms with Crippen LogP contribution >= 0.6 is 0 Å². The zero-order valence-electron chi connectivity index (χ0n) is 15.3. The van der Waals surface area contributed by atoms with Gasteiger partial charge in [-0.2, -0.15) is 0 Å². The summed E-state index contributed by atoms with van der Waals surface area (Å²) in [5, 5.41) is 24.4. The van der Waals surface area contributed by atoms with Gasteiger partial charge >= 0.3 is 11.9 Å². The van der Waals surface area contributed by atoms with Crippen molar-refractivity contribution in [3.63, 3.8) is 0 Å². The Bertz CT molecular complexity index is 622. The Morgan fingerprint density at radius 3 is 1.93 bits per heavy atom. The molecule has 0 rings (SSSR count). The van der Waals surface area contributed by atoms with Crippen LogP contribution in [0.25, 0.3) is 0 Å². The number of nitrogens with two attached hydrogens (primary N) is 2. The standard InChI is InChI=1S/C15H25N5O8/c1-7(16)13(25)18-6-11(22)19-8(3-5-12(23)24)14(26)20-9(15(27)28)2-4-10(17)21/h7-9H,2-6,16H2,1H3,(H2,17,21)(H,18,25)(H,19,22)(H,20,26)(H,23,24)(H,27,28). The zero-order chi connectivity index (χ0) is 21.9. The topological polar surface area (TPSA) is 231 Å². The van der Waals surface area contributed by atoms with Crippen LogP contribution in [0.5, 0.6) is 0 Å². The van der Waals surface area contributed by atoms with Crippen LogP contribution in [0.15, 0.2) is 0 Å². The summed E-state index contributed by atoms with van der Waals surface area (Å²) in [4.78, 5) is 68.3. The summed E-state index contributed by atoms with van der Waals surface area (Å²) in [6.45, 7) is 0.885. The van der Waals surface area contributed by atoms with Crippen molar-refractivity contribution in [2.45, 2.75) is 50.7 Å². The number of carbonyl (C=O) groups excluding carboxylic acids is 4. The maximum absolute atomic E-state index is 12.3. The van der Waals surface area contributed by atoms with E-state index in [1.165, 1.54) is 6.92 Å². The lowest BCUT2D eigenvalue weighted by Crippen LogP contribution is -2.53. The second kappa shape index (κ2) is 12.2. The van der Waals surface area contributed by atoms with Gasteiger partial charge in [0.25, 0.3) is 0 Å². The molecule has 0 spiro atoms. The number of nitrogens with one attached hydrogen (secondary N) is 3. The van der Waals surface area contributed by atoms with Crippen LogP contribution in [-0.2, 0) is 28.8 Å². The summed E-state index contributed by atoms with van der Waals surface area (Å²) >= 11 is 0. The van der Waals surface area contributed by atoms with Crippen LogP contribution in [0.3, 0.4) is 0 Å². The summed E-state index contributed by atoms with van der Waals surface area (Å²) in [6, 6.07) is -3.69. The van der Waals surface area contributed by atoms with Gasteiger partial charge < -0.3 is 37.6 Å². The molecular weight excluding hydrogens is 378 g/mol. The highest BCUT2D eigenvalue weighted by molar-refractivity contribution is 5.92. The number of primary amides is 1. The third-order valence-corrected chi connectivity index (χ3v) is 3.43. The highest BCUT2D eigenvalue weighted by atomic mass is 16.4. The van der Waals surface area contributed by atoms with Gasteiger partial charge in [0, 0.05) is 12.8 Å². The molecule has 9 N–H and O–H groups in total. The smallest absolute Gasteiger partial charge is 0.326 e. The lowest BCUT2D eigenvalue weighted by Gasteiger charge is -2.21. The molecule has 0 saturated carbocycles. The van der Waals surface area contributed by atoms with E-state index in [0.29, 0.717) is 0 Å². The van der Waals surface area contributed by atoms with Gasteiger partial charge in [-0.3, -0.25) is 24.0 Å². The van der Waals surface area contributed by atoms with E-state index in [2.05, 4.69) is 16.0 Å². The number of carboxylic acid groups (broad SMARTS) is 2. The monoisotopic (exact) mass is 403 g/mol. The third-order valence-electron chi connectivity index (χ3n) is 3.43. The van der Waals surface area contributed by atoms with Crippen molar-refractivity contribution in [3.8, 4) is 0 Å². The average Bonchev–Trinajstić information content (AvgIpc) is 2.58. The van der Waals surface area contributed by atoms with Crippen LogP contribution in [0.2, 0.25) is 0 Å². The average molecular weight is 403 g/mol. The summed E-state index contributed by atoms with van der Waals surface area (Å²) in [5.74, 6) is -5.79. The van der Waals surface area contributed by atoms with Crippen molar-refractivity contribution in [2.24, 2.45) is 11.5 Å². The lowest BCUT2D eigenvalue weighted by atomic mass is 10.1. The molecule has 0 aliphatic carbocycles. The van der Waals surface area contributed by atoms with Crippen molar-refractivity contribution in [2.75, 3.05) is 6.54 Å². The van der Waals surface area contributed by atoms with Gasteiger partial charge in [-0.1, -0.05) is 0 Å². The fraction of sp³-hybridized carbons (Fsp3) is 0.600. The number of hydrogen-bond donors (Lipinski definition) is 7. The van der Waals surface area contributed by atoms with Crippen LogP contribution < -0.4 is 27.4 Å². The third kappa shape index (κ3) is 10.7. The Morgan fingerprint density at radius 1 is 0.893 bits per heavy atom. The first-order chi connectivity index (χ1) is 12.9. The summed E-state index contributed by atoms with van der Waals surface area (Å²) in [6.07, 6.45) is -1.38. The minimum absolute atomic E-state index is 0.277. The van der Waals surface area contributed by atoms with E-state index in [1.54, 1.807) is 0 Å². The lowest BCUT2D eigenvalue weighted by molar-refractivity contribution is -0.143. The highest BCUT2D eigenvalue weighted by Crippen LogP contribution is 2.03. The fourth-order valence-corrected chi connectivity index (χ4v) is 1.93. The van der Waals surface area contributed by atoms with Gasteiger partial charge in [-0.05, 0) is 19.8 Å². The van der Waals surface area contributed by atoms with E-state index in [9.17, 15) is 28.8 Å². The van der Waals surface area contributed by atoms with E-state index in [4.69, 9.17) is 21.7 Å². The second-order valence-electron chi connectivity index (χ2n) is 5.96. The number of carboxylic acids is 2. The van der Waals surface area contributed by atoms with Crippen LogP contribution in [0.4, 0.5) is 0 Å². The van der Waals surface area contributed by atoms with Gasteiger partial charge in [0.2, 0.25) is 23.6 Å². The van der Waals surface area contributed by atoms with Gasteiger partial charge in [-0.15, -0.1) is 0 Å². The predicted octanol–water partition coefficient (Wildman–Crippen LogP) is -3.37. The highest BCUT2D eigenvalue weighted by Gasteiger charge is 2.27. The quantitative estimate of drug-likeness (QED) is 0.162. The number of amides is 4. The van der Waals surface area contributed by atoms with Crippen molar-refractivity contribution in [1.29, 1.82) is 0 Å². The molecule has 13 heteroatoms. The molecule has 0 aliphatic rings. The molecule has 28 heavy (non-hydrogen) atoms. The largest absolute Gasteiger partial charge is 0.481 e. The minimum atomic E-state index is -1.46. The first-order valence-corrected chi connectivity index (χ1v) is 8.30. The molecule has 0 aromatic heterocycles. The van der Waals surface area contributed by atoms with E-state index < -0.39 is 66.7 Å². The minimum Gasteiger partial charge on any atom is -0.481 e. The van der Waals surface area contributed by atoms with Gasteiger partial charge in [0.05, 0.1) is 12.6 Å². The van der Waals surface area contributed by atoms with Crippen LogP contribution in [-0.4, -0.2) is 70.5 Å². The normalized spacial score (nSPS) is 13.5. The zero-order valence-corrected chi connectivity index (χ0v) is 15.3. The summed E-state index contributed by atoms with van der Waals surface area (Å²) in [5.41, 5.74) is 10.3. The van der Waals surface area contributed by atoms with Crippen molar-refractivity contribution < 1.29 is 39.0 Å². The summed E-state index contributed by atoms with van der Waals surface area (Å²) < 4.78 is 0. The Hall–Kier alpha value is -3.22. The second-order valence-corrected chi connectivity index (χ2v) is 5.96. The molecule has 3 unspecified atom stereocenters. The summed E-state index contributed by atoms with van der Waals surface area (Å²) in [7, 11) is 0. The maximum atomic E-state index is 12.3. The van der Waals surface area contributed by atoms with Crippen molar-refractivity contribution >= 4 is 35.6 Å². The molecule has 0 aromatic rings. The SMILES string of the molecule is CC(N)C(=O)NCC(=O)NC(CCC(=O)O)C(=O)NC(CCC(N)=O)C(=O)O. The Labute approximate surface area is 160 Å². The predicted molar refractivity (Wildman–Crippen MR) is 93.5 cm³/mol. The first kappa shape index (κ1) is 24.8. The molecule has 3 atom stereocenters. The number of rotatable bonds is 13. The number of hydrogen-bond acceptors (Lipinski definition) is 7. The van der Waals surface area contributed by atoms with E-state index in [0.717, 1.165) is 0 Å². The van der Waals surface area contributed by atoms with E-state index in [1.807, 2.05) is 0 Å². The van der Waals surface area contributed by atoms with Gasteiger partial charge in [0.15, 0.2) is 0 Å². The van der Waals surface area contributed by atoms with Crippen molar-refractivity contribution in [3.05, 3.63) is 0 Å². The Kier molecular flexibility index (Phi) is 10.8. The molecule has 0 fully saturated rings. The molecule has 0 heterocycles. The number of carbonyl (C=O) groups is 6. The van der Waals surface area contributed by atoms with E-state index >= 15 is 0 Å². The first-order valence-electron chi connectivity index (χ1n) is 8.30. The maximum Gasteiger partial charge on any atom is 0.326 e. The van der Waals surface area contributed by atoms with Crippen molar-refractivity contribution in [1.82, 2.24) is 16.0 Å². The fourth-order valence-electron chi connectivity index (χ4n) is 1.93. The Balaban J connectivity index is 4.99. The number of aliphatic carboxylic acids is 2. The molecule has 0 aromatic carbocycles. The van der Waals surface area contributed by atoms with Gasteiger partial charge in [-0.25, -0.2) is 4.79 Å². The molecule has 158 valence electrons. The molecule has 4 amide bonds. The van der Waals surface area contributed by atoms with Crippen LogP contribution in [0, 0.1) is 0 Å². The molecule has 13 nitrogen and oxygen atoms in total. The molecule has 0 saturated heterocycles.